The highest BCUT2D eigenvalue weighted by Gasteiger charge is 2.21. The van der Waals surface area contributed by atoms with Gasteiger partial charge in [-0.2, -0.15) is 0 Å². The van der Waals surface area contributed by atoms with E-state index in [1.165, 1.54) is 31.4 Å². The maximum Gasteiger partial charge on any atom is 0.135 e. The molecule has 3 heteroatoms. The fraction of sp³-hybridized carbons (Fsp3) is 0.529. The first kappa shape index (κ1) is 15.2. The van der Waals surface area contributed by atoms with Gasteiger partial charge in [-0.05, 0) is 49.8 Å². The molecule has 0 radical (unpaired) electrons. The van der Waals surface area contributed by atoms with Gasteiger partial charge in [-0.15, -0.1) is 11.6 Å². The number of benzene rings is 1. The van der Waals surface area contributed by atoms with Gasteiger partial charge in [0, 0.05) is 0 Å². The van der Waals surface area contributed by atoms with Crippen molar-refractivity contribution in [3.05, 3.63) is 29.6 Å². The zero-order valence-corrected chi connectivity index (χ0v) is 12.5. The molecule has 1 nitrogen and oxygen atoms in total. The standard InChI is InChI=1S/C17H20ClFO/c1-2-13-5-8-16(9-6-13)20-17-10-7-15(19)12-14(17)4-3-11-18/h7,10,12-13,16H,2,5-6,8-9,11H2,1H3. The Morgan fingerprint density at radius 3 is 2.70 bits per heavy atom. The van der Waals surface area contributed by atoms with Gasteiger partial charge in [-0.3, -0.25) is 0 Å². The molecule has 0 aromatic heterocycles. The molecule has 1 aromatic carbocycles. The van der Waals surface area contributed by atoms with Gasteiger partial charge in [0.1, 0.15) is 11.6 Å². The summed E-state index contributed by atoms with van der Waals surface area (Å²) in [5.74, 6) is 7.06. The Hall–Kier alpha value is -1.20. The summed E-state index contributed by atoms with van der Waals surface area (Å²) < 4.78 is 19.3. The van der Waals surface area contributed by atoms with E-state index in [0.717, 1.165) is 18.8 Å². The highest BCUT2D eigenvalue weighted by atomic mass is 35.5. The monoisotopic (exact) mass is 294 g/mol. The number of rotatable bonds is 3. The molecule has 0 unspecified atom stereocenters. The molecule has 1 saturated carbocycles. The summed E-state index contributed by atoms with van der Waals surface area (Å²) in [7, 11) is 0. The molecule has 2 rings (SSSR count). The molecule has 20 heavy (non-hydrogen) atoms. The molecule has 0 N–H and O–H groups in total. The maximum atomic E-state index is 13.3. The van der Waals surface area contributed by atoms with Gasteiger partial charge >= 0.3 is 0 Å². The molecule has 1 aliphatic carbocycles. The molecule has 0 amide bonds. The Bertz CT molecular complexity index is 495. The van der Waals surface area contributed by atoms with E-state index < -0.39 is 0 Å². The average molecular weight is 295 g/mol. The highest BCUT2D eigenvalue weighted by Crippen LogP contribution is 2.30. The van der Waals surface area contributed by atoms with Gasteiger partial charge in [0.05, 0.1) is 17.5 Å². The Labute approximate surface area is 125 Å². The summed E-state index contributed by atoms with van der Waals surface area (Å²) in [5, 5.41) is 0. The van der Waals surface area contributed by atoms with E-state index in [1.807, 2.05) is 0 Å². The molecule has 1 aliphatic rings. The van der Waals surface area contributed by atoms with Crippen molar-refractivity contribution in [2.24, 2.45) is 5.92 Å². The van der Waals surface area contributed by atoms with E-state index in [2.05, 4.69) is 18.8 Å². The molecular formula is C17H20ClFO. The van der Waals surface area contributed by atoms with E-state index >= 15 is 0 Å². The lowest BCUT2D eigenvalue weighted by Gasteiger charge is -2.28. The Morgan fingerprint density at radius 2 is 2.05 bits per heavy atom. The van der Waals surface area contributed by atoms with E-state index in [1.54, 1.807) is 6.07 Å². The van der Waals surface area contributed by atoms with Crippen molar-refractivity contribution in [3.8, 4) is 17.6 Å². The van der Waals surface area contributed by atoms with Crippen LogP contribution in [0.4, 0.5) is 4.39 Å². The lowest BCUT2D eigenvalue weighted by molar-refractivity contribution is 0.129. The normalized spacial score (nSPS) is 21.9. The van der Waals surface area contributed by atoms with Crippen molar-refractivity contribution in [3.63, 3.8) is 0 Å². The predicted octanol–water partition coefficient (Wildman–Crippen LogP) is 4.76. The number of halogens is 2. The van der Waals surface area contributed by atoms with Gasteiger partial charge in [0.15, 0.2) is 0 Å². The van der Waals surface area contributed by atoms with E-state index in [-0.39, 0.29) is 17.8 Å². The minimum Gasteiger partial charge on any atom is -0.489 e. The Kier molecular flexibility index (Phi) is 5.73. The van der Waals surface area contributed by atoms with Gasteiger partial charge in [-0.1, -0.05) is 25.2 Å². The van der Waals surface area contributed by atoms with E-state index in [4.69, 9.17) is 16.3 Å². The van der Waals surface area contributed by atoms with Crippen LogP contribution in [0.2, 0.25) is 0 Å². The van der Waals surface area contributed by atoms with Crippen LogP contribution in [0.15, 0.2) is 18.2 Å². The van der Waals surface area contributed by atoms with Crippen molar-refractivity contribution in [2.75, 3.05) is 5.88 Å². The summed E-state index contributed by atoms with van der Waals surface area (Å²) >= 11 is 5.56. The molecule has 1 aromatic rings. The summed E-state index contributed by atoms with van der Waals surface area (Å²) in [5.41, 5.74) is 0.586. The number of hydrogen-bond donors (Lipinski definition) is 0. The smallest absolute Gasteiger partial charge is 0.135 e. The Morgan fingerprint density at radius 1 is 1.30 bits per heavy atom. The van der Waals surface area contributed by atoms with Crippen LogP contribution in [0, 0.1) is 23.6 Å². The fourth-order valence-corrected chi connectivity index (χ4v) is 2.74. The van der Waals surface area contributed by atoms with Crippen molar-refractivity contribution in [2.45, 2.75) is 45.1 Å². The molecule has 0 atom stereocenters. The second-order valence-electron chi connectivity index (χ2n) is 5.24. The summed E-state index contributed by atoms with van der Waals surface area (Å²) in [6.45, 7) is 2.24. The lowest BCUT2D eigenvalue weighted by atomic mass is 9.86. The quantitative estimate of drug-likeness (QED) is 0.577. The van der Waals surface area contributed by atoms with Crippen LogP contribution >= 0.6 is 11.6 Å². The van der Waals surface area contributed by atoms with Crippen molar-refractivity contribution in [1.29, 1.82) is 0 Å². The minimum atomic E-state index is -0.300. The zero-order chi connectivity index (χ0) is 14.4. The van der Waals surface area contributed by atoms with Crippen LogP contribution in [-0.4, -0.2) is 12.0 Å². The molecule has 0 saturated heterocycles. The van der Waals surface area contributed by atoms with Crippen molar-refractivity contribution in [1.82, 2.24) is 0 Å². The first-order valence-corrected chi connectivity index (χ1v) is 7.77. The lowest BCUT2D eigenvalue weighted by Crippen LogP contribution is -2.24. The second-order valence-corrected chi connectivity index (χ2v) is 5.51. The molecular weight excluding hydrogens is 275 g/mol. The van der Waals surface area contributed by atoms with Crippen LogP contribution in [0.1, 0.15) is 44.6 Å². The van der Waals surface area contributed by atoms with Crippen LogP contribution in [0.25, 0.3) is 0 Å². The average Bonchev–Trinajstić information content (AvgIpc) is 2.48. The van der Waals surface area contributed by atoms with E-state index in [9.17, 15) is 4.39 Å². The third-order valence-corrected chi connectivity index (χ3v) is 4.03. The van der Waals surface area contributed by atoms with Crippen molar-refractivity contribution >= 4 is 11.6 Å². The summed E-state index contributed by atoms with van der Waals surface area (Å²) in [6, 6.07) is 4.49. The molecule has 0 heterocycles. The first-order valence-electron chi connectivity index (χ1n) is 7.24. The topological polar surface area (TPSA) is 9.23 Å². The number of ether oxygens (including phenoxy) is 1. The van der Waals surface area contributed by atoms with Gasteiger partial charge in [-0.25, -0.2) is 4.39 Å². The van der Waals surface area contributed by atoms with E-state index in [0.29, 0.717) is 11.3 Å². The molecule has 0 bridgehead atoms. The number of alkyl halides is 1. The first-order chi connectivity index (χ1) is 9.72. The summed E-state index contributed by atoms with van der Waals surface area (Å²) in [4.78, 5) is 0. The second kappa shape index (κ2) is 7.55. The van der Waals surface area contributed by atoms with Crippen molar-refractivity contribution < 1.29 is 9.13 Å². The fourth-order valence-electron chi connectivity index (χ4n) is 2.67. The molecule has 1 fully saturated rings. The largest absolute Gasteiger partial charge is 0.489 e. The highest BCUT2D eigenvalue weighted by molar-refractivity contribution is 6.19. The van der Waals surface area contributed by atoms with Crippen LogP contribution < -0.4 is 4.74 Å². The Balaban J connectivity index is 2.05. The van der Waals surface area contributed by atoms with Crippen LogP contribution in [-0.2, 0) is 0 Å². The molecule has 108 valence electrons. The van der Waals surface area contributed by atoms with Crippen LogP contribution in [0.3, 0.4) is 0 Å². The third kappa shape index (κ3) is 4.15. The SMILES string of the molecule is CCC1CCC(Oc2ccc(F)cc2C#CCCl)CC1. The molecule has 0 spiro atoms. The minimum absolute atomic E-state index is 0.222. The zero-order valence-electron chi connectivity index (χ0n) is 11.8. The third-order valence-electron chi connectivity index (χ3n) is 3.90. The summed E-state index contributed by atoms with van der Waals surface area (Å²) in [6.07, 6.45) is 6.03. The van der Waals surface area contributed by atoms with Gasteiger partial charge < -0.3 is 4.74 Å². The number of hydrogen-bond acceptors (Lipinski definition) is 1. The maximum absolute atomic E-state index is 13.3. The van der Waals surface area contributed by atoms with Gasteiger partial charge in [0.2, 0.25) is 0 Å². The molecule has 0 aliphatic heterocycles. The predicted molar refractivity (Wildman–Crippen MR) is 80.7 cm³/mol. The van der Waals surface area contributed by atoms with Gasteiger partial charge in [0.25, 0.3) is 0 Å². The van der Waals surface area contributed by atoms with Crippen LogP contribution in [0.5, 0.6) is 5.75 Å².